The molecule has 0 nitrogen and oxygen atoms in total. The molecule has 0 saturated heterocycles. The molecule has 0 aliphatic carbocycles. The number of benzene rings is 6. The minimum Gasteiger partial charge on any atom is -0.184 e. The summed E-state index contributed by atoms with van der Waals surface area (Å²) in [6.45, 7) is 7.24. The van der Waals surface area contributed by atoms with E-state index in [0.29, 0.717) is 33.0 Å². The van der Waals surface area contributed by atoms with E-state index in [2.05, 4.69) is 42.5 Å². The third kappa shape index (κ3) is 12.2. The molecule has 0 aromatic heterocycles. The van der Waals surface area contributed by atoms with Gasteiger partial charge in [0.15, 0.2) is 0 Å². The summed E-state index contributed by atoms with van der Waals surface area (Å²) >= 11 is -0.826. The molecule has 1 aliphatic heterocycles. The molecule has 1 aliphatic rings. The molecule has 0 unspecified atom stereocenters. The van der Waals surface area contributed by atoms with E-state index in [9.17, 15) is 52.7 Å². The largest absolute Gasteiger partial charge is 0.184 e. The van der Waals surface area contributed by atoms with Crippen molar-refractivity contribution >= 4 is 58.5 Å². The van der Waals surface area contributed by atoms with Crippen LogP contribution in [0.1, 0.15) is 58.4 Å². The SMILES string of the molecule is CCc1cc2c(-c3cc(C(F)(F)F)cc(C(F)(F)F)c3)c(C)ccc2[cH-]1.CCc1cc2c(-c3cc(C(F)(F)F)cc(C(F)(F)F)c3)c(C)ccc2[cH-]1.[Cl][Zr][Cl].[c-]1cccc2c1[Si]c1ccccc1-2. The zero-order valence-corrected chi connectivity index (χ0v) is 41.3. The zero-order chi connectivity index (χ0) is 49.9. The molecular formula is C52H37Cl2F12SiZr-3. The topological polar surface area (TPSA) is 0 Å². The fourth-order valence-corrected chi connectivity index (χ4v) is 9.31. The minimum absolute atomic E-state index is 0.0801. The van der Waals surface area contributed by atoms with Crippen LogP contribution in [0.3, 0.4) is 0 Å². The van der Waals surface area contributed by atoms with Crippen molar-refractivity contribution in [2.45, 2.75) is 65.2 Å². The third-order valence-electron chi connectivity index (χ3n) is 11.2. The summed E-state index contributed by atoms with van der Waals surface area (Å²) in [6, 6.07) is 36.2. The first-order valence-electron chi connectivity index (χ1n) is 20.7. The van der Waals surface area contributed by atoms with Gasteiger partial charge in [0.25, 0.3) is 0 Å². The molecule has 0 spiro atoms. The van der Waals surface area contributed by atoms with Crippen LogP contribution in [-0.4, -0.2) is 9.52 Å². The van der Waals surface area contributed by atoms with E-state index in [1.54, 1.807) is 26.0 Å². The van der Waals surface area contributed by atoms with Gasteiger partial charge in [-0.15, -0.1) is 74.6 Å². The Balaban J connectivity index is 0.000000171. The third-order valence-corrected chi connectivity index (χ3v) is 12.6. The van der Waals surface area contributed by atoms with Crippen LogP contribution in [-0.2, 0) is 58.4 Å². The maximum absolute atomic E-state index is 13.2. The predicted octanol–water partition coefficient (Wildman–Crippen LogP) is 16.8. The van der Waals surface area contributed by atoms with E-state index in [1.807, 2.05) is 56.3 Å². The molecular weight excluding hydrogens is 1040 g/mol. The standard InChI is InChI=1S/2C20H15F6.C12H7Si.2ClH.Zr/c2*1-3-12-6-13-5-4-11(2)18(17(13)7-12)14-8-15(19(21,22)23)10-16(9-14)20(24,25)26;1-3-7-11-9(5-1)10-6-2-4-8-12(10)13-11;;;/h2*4-10H,3H2,1-2H3;1-7H;2*1H;/q3*-1;;;+2/p-2. The molecule has 0 fully saturated rings. The van der Waals surface area contributed by atoms with Crippen molar-refractivity contribution in [3.8, 4) is 33.4 Å². The van der Waals surface area contributed by atoms with Gasteiger partial charge in [-0.05, 0) is 74.2 Å². The molecule has 1 heterocycles. The number of halogens is 14. The predicted molar refractivity (Wildman–Crippen MR) is 246 cm³/mol. The van der Waals surface area contributed by atoms with Gasteiger partial charge in [-0.1, -0.05) is 71.1 Å². The Hall–Kier alpha value is -4.62. The summed E-state index contributed by atoms with van der Waals surface area (Å²) in [5.74, 6) is 0. The number of fused-ring (bicyclic) bond motifs is 5. The first-order valence-corrected chi connectivity index (χ1v) is 28.0. The Morgan fingerprint density at radius 3 is 1.28 bits per heavy atom. The van der Waals surface area contributed by atoms with Gasteiger partial charge in [0, 0.05) is 0 Å². The van der Waals surface area contributed by atoms with Crippen molar-refractivity contribution in [2.75, 3.05) is 0 Å². The number of aryl methyl sites for hydroxylation is 4. The maximum atomic E-state index is 13.2. The van der Waals surface area contributed by atoms with E-state index < -0.39 is 67.8 Å². The minimum atomic E-state index is -4.86. The molecule has 0 bridgehead atoms. The molecule has 2 radical (unpaired) electrons. The molecule has 354 valence electrons. The van der Waals surface area contributed by atoms with Crippen LogP contribution in [0.5, 0.6) is 0 Å². The van der Waals surface area contributed by atoms with Crippen LogP contribution < -0.4 is 10.4 Å². The zero-order valence-electron chi connectivity index (χ0n) is 36.3. The van der Waals surface area contributed by atoms with Crippen LogP contribution in [0.15, 0.2) is 127 Å². The second kappa shape index (κ2) is 21.2. The van der Waals surface area contributed by atoms with E-state index >= 15 is 0 Å². The Bertz CT molecular complexity index is 2780. The number of hydrogen-bond acceptors (Lipinski definition) is 0. The number of alkyl halides is 12. The Kier molecular flexibility index (Phi) is 16.4. The monoisotopic (exact) mass is 1080 g/mol. The Labute approximate surface area is 406 Å². The second-order valence-electron chi connectivity index (χ2n) is 15.7. The number of rotatable bonds is 4. The van der Waals surface area contributed by atoms with Gasteiger partial charge in [0.1, 0.15) is 0 Å². The van der Waals surface area contributed by atoms with Crippen LogP contribution in [0, 0.1) is 19.9 Å². The second-order valence-corrected chi connectivity index (χ2v) is 20.8. The molecule has 16 heteroatoms. The average molecular weight is 1080 g/mol. The summed E-state index contributed by atoms with van der Waals surface area (Å²) < 4.78 is 158. The first-order chi connectivity index (χ1) is 31.9. The molecule has 0 N–H and O–H groups in total. The van der Waals surface area contributed by atoms with E-state index in [-0.39, 0.29) is 23.3 Å². The van der Waals surface area contributed by atoms with Crippen molar-refractivity contribution in [3.05, 3.63) is 178 Å². The summed E-state index contributed by atoms with van der Waals surface area (Å²) in [4.78, 5) is 0. The quantitative estimate of drug-likeness (QED) is 0.0936. The first kappa shape index (κ1) is 52.7. The Morgan fingerprint density at radius 2 is 0.897 bits per heavy atom. The summed E-state index contributed by atoms with van der Waals surface area (Å²) in [5, 5.41) is 5.74. The molecule has 0 atom stereocenters. The van der Waals surface area contributed by atoms with Crippen LogP contribution in [0.2, 0.25) is 0 Å². The smallest absolute Gasteiger partial charge is 0.0920 e. The molecule has 68 heavy (non-hydrogen) atoms. The van der Waals surface area contributed by atoms with Gasteiger partial charge < -0.3 is 0 Å². The van der Waals surface area contributed by atoms with Crippen molar-refractivity contribution < 1.29 is 73.5 Å². The van der Waals surface area contributed by atoms with Crippen molar-refractivity contribution in [1.82, 2.24) is 0 Å². The molecule has 8 aromatic rings. The summed E-state index contributed by atoms with van der Waals surface area (Å²) in [5.41, 5.74) is 1.40. The average Bonchev–Trinajstić information content (AvgIpc) is 4.01. The van der Waals surface area contributed by atoms with Crippen LogP contribution in [0.25, 0.3) is 54.9 Å². The normalized spacial score (nSPS) is 12.3. The molecule has 0 amide bonds. The van der Waals surface area contributed by atoms with Gasteiger partial charge >= 0.3 is 62.6 Å². The van der Waals surface area contributed by atoms with Crippen LogP contribution >= 0.6 is 17.0 Å². The fourth-order valence-electron chi connectivity index (χ4n) is 8.01. The van der Waals surface area contributed by atoms with Gasteiger partial charge in [-0.3, -0.25) is 0 Å². The molecule has 8 aromatic carbocycles. The van der Waals surface area contributed by atoms with E-state index in [0.717, 1.165) is 68.5 Å². The fraction of sp³-hybridized carbons (Fsp3) is 0.192. The van der Waals surface area contributed by atoms with Gasteiger partial charge in [0.05, 0.1) is 31.8 Å². The van der Waals surface area contributed by atoms with Gasteiger partial charge in [0.2, 0.25) is 0 Å². The maximum Gasteiger partial charge on any atom is 0.0920 e. The summed E-state index contributed by atoms with van der Waals surface area (Å²) in [6.07, 6.45) is -18.0. The van der Waals surface area contributed by atoms with Gasteiger partial charge in [-0.2, -0.15) is 94.3 Å². The molecule has 9 rings (SSSR count). The molecule has 0 saturated carbocycles. The van der Waals surface area contributed by atoms with Crippen LogP contribution in [0.4, 0.5) is 52.7 Å². The number of hydrogen-bond donors (Lipinski definition) is 0. The van der Waals surface area contributed by atoms with Crippen molar-refractivity contribution in [1.29, 1.82) is 0 Å². The van der Waals surface area contributed by atoms with E-state index in [4.69, 9.17) is 17.0 Å². The van der Waals surface area contributed by atoms with Gasteiger partial charge in [-0.25, -0.2) is 0 Å². The van der Waals surface area contributed by atoms with Crippen molar-refractivity contribution in [2.24, 2.45) is 0 Å². The Morgan fingerprint density at radius 1 is 0.515 bits per heavy atom. The van der Waals surface area contributed by atoms with E-state index in [1.165, 1.54) is 21.5 Å². The van der Waals surface area contributed by atoms with Crippen molar-refractivity contribution in [3.63, 3.8) is 0 Å². The summed E-state index contributed by atoms with van der Waals surface area (Å²) in [7, 11) is 10.7.